The Balaban J connectivity index is 2.03. The largest absolute Gasteiger partial charge is 0.483 e. The van der Waals surface area contributed by atoms with Crippen molar-refractivity contribution in [2.24, 2.45) is 0 Å². The summed E-state index contributed by atoms with van der Waals surface area (Å²) >= 11 is 3.17. The van der Waals surface area contributed by atoms with Gasteiger partial charge in [0.2, 0.25) is 0 Å². The van der Waals surface area contributed by atoms with Gasteiger partial charge in [0.05, 0.1) is 15.4 Å². The summed E-state index contributed by atoms with van der Waals surface area (Å²) in [5.74, 6) is -0.372. The van der Waals surface area contributed by atoms with Gasteiger partial charge in [0.15, 0.2) is 6.61 Å². The number of carbonyl (C=O) groups excluding carboxylic acids is 1. The van der Waals surface area contributed by atoms with Crippen molar-refractivity contribution in [2.75, 3.05) is 13.7 Å². The highest BCUT2D eigenvalue weighted by Crippen LogP contribution is 2.26. The molecule has 1 unspecified atom stereocenters. The minimum Gasteiger partial charge on any atom is -0.483 e. The lowest BCUT2D eigenvalue weighted by molar-refractivity contribution is -0.384. The van der Waals surface area contributed by atoms with Gasteiger partial charge in [-0.05, 0) is 46.6 Å². The molecule has 0 bridgehead atoms. The van der Waals surface area contributed by atoms with Crippen molar-refractivity contribution < 1.29 is 18.8 Å². The average Bonchev–Trinajstić information content (AvgIpc) is 2.59. The van der Waals surface area contributed by atoms with Crippen molar-refractivity contribution >= 4 is 27.5 Å². The summed E-state index contributed by atoms with van der Waals surface area (Å²) in [6.45, 7) is 1.53. The first-order chi connectivity index (χ1) is 11.8. The summed E-state index contributed by atoms with van der Waals surface area (Å²) in [4.78, 5) is 24.1. The normalized spacial score (nSPS) is 11.7. The van der Waals surface area contributed by atoms with Gasteiger partial charge in [0.25, 0.3) is 11.6 Å². The maximum atomic E-state index is 13.0. The number of rotatable bonds is 6. The maximum Gasteiger partial charge on any atom is 0.269 e. The van der Waals surface area contributed by atoms with Crippen LogP contribution < -0.4 is 4.74 Å². The highest BCUT2D eigenvalue weighted by molar-refractivity contribution is 9.10. The molecule has 2 aromatic carbocycles. The van der Waals surface area contributed by atoms with Gasteiger partial charge in [-0.2, -0.15) is 0 Å². The van der Waals surface area contributed by atoms with Crippen LogP contribution in [0.25, 0.3) is 0 Å². The van der Waals surface area contributed by atoms with Crippen molar-refractivity contribution in [3.8, 4) is 5.75 Å². The minimum absolute atomic E-state index is 0.0308. The molecule has 2 rings (SSSR count). The van der Waals surface area contributed by atoms with E-state index in [0.29, 0.717) is 15.8 Å². The zero-order valence-corrected chi connectivity index (χ0v) is 15.2. The number of nitro benzene ring substituents is 1. The standard InChI is InChI=1S/C17H16BrFN2O4/c1-11(12-4-3-5-14(8-12)21(23)24)20(2)17(22)10-25-16-7-6-13(19)9-15(16)18/h3-9,11H,10H2,1-2H3. The molecule has 0 fully saturated rings. The van der Waals surface area contributed by atoms with Crippen LogP contribution in [0.5, 0.6) is 5.75 Å². The number of benzene rings is 2. The Morgan fingerprint density at radius 3 is 2.72 bits per heavy atom. The second kappa shape index (κ2) is 8.06. The molecule has 0 aliphatic carbocycles. The Labute approximate surface area is 152 Å². The number of non-ortho nitro benzene ring substituents is 1. The number of nitro groups is 1. The summed E-state index contributed by atoms with van der Waals surface area (Å²) < 4.78 is 18.9. The first-order valence-electron chi connectivity index (χ1n) is 7.37. The fourth-order valence-electron chi connectivity index (χ4n) is 2.17. The molecule has 0 heterocycles. The van der Waals surface area contributed by atoms with Crippen molar-refractivity contribution in [1.82, 2.24) is 4.90 Å². The topological polar surface area (TPSA) is 72.7 Å². The number of likely N-dealkylation sites (N-methyl/N-ethyl adjacent to an activating group) is 1. The Morgan fingerprint density at radius 2 is 2.08 bits per heavy atom. The number of ether oxygens (including phenoxy) is 1. The van der Waals surface area contributed by atoms with Gasteiger partial charge in [-0.1, -0.05) is 12.1 Å². The third-order valence-electron chi connectivity index (χ3n) is 3.78. The van der Waals surface area contributed by atoms with Crippen LogP contribution in [0.4, 0.5) is 10.1 Å². The van der Waals surface area contributed by atoms with Gasteiger partial charge >= 0.3 is 0 Å². The van der Waals surface area contributed by atoms with E-state index in [0.717, 1.165) is 0 Å². The van der Waals surface area contributed by atoms with Crippen molar-refractivity contribution in [1.29, 1.82) is 0 Å². The van der Waals surface area contributed by atoms with E-state index in [1.54, 1.807) is 26.1 Å². The third-order valence-corrected chi connectivity index (χ3v) is 4.40. The van der Waals surface area contributed by atoms with E-state index in [-0.39, 0.29) is 24.2 Å². The second-order valence-corrected chi connectivity index (χ2v) is 6.25. The van der Waals surface area contributed by atoms with Crippen LogP contribution in [0.3, 0.4) is 0 Å². The summed E-state index contributed by atoms with van der Waals surface area (Å²) in [5, 5.41) is 10.9. The van der Waals surface area contributed by atoms with Crippen LogP contribution in [-0.4, -0.2) is 29.4 Å². The van der Waals surface area contributed by atoms with Gasteiger partial charge < -0.3 is 9.64 Å². The van der Waals surface area contributed by atoms with Gasteiger partial charge in [-0.15, -0.1) is 0 Å². The smallest absolute Gasteiger partial charge is 0.269 e. The molecule has 6 nitrogen and oxygen atoms in total. The lowest BCUT2D eigenvalue weighted by Crippen LogP contribution is -2.33. The van der Waals surface area contributed by atoms with E-state index in [9.17, 15) is 19.3 Å². The van der Waals surface area contributed by atoms with Crippen LogP contribution in [-0.2, 0) is 4.79 Å². The average molecular weight is 411 g/mol. The number of carbonyl (C=O) groups is 1. The molecule has 1 amide bonds. The molecule has 132 valence electrons. The SMILES string of the molecule is CC(c1cccc([N+](=O)[O-])c1)N(C)C(=O)COc1ccc(F)cc1Br. The summed E-state index contributed by atoms with van der Waals surface area (Å²) in [6, 6.07) is 9.67. The Kier molecular flexibility index (Phi) is 6.08. The zero-order chi connectivity index (χ0) is 18.6. The van der Waals surface area contributed by atoms with Crippen LogP contribution in [0.15, 0.2) is 46.9 Å². The van der Waals surface area contributed by atoms with E-state index < -0.39 is 10.7 Å². The van der Waals surface area contributed by atoms with E-state index in [1.165, 1.54) is 35.2 Å². The molecule has 2 aromatic rings. The molecule has 8 heteroatoms. The second-order valence-electron chi connectivity index (χ2n) is 5.40. The third kappa shape index (κ3) is 4.76. The van der Waals surface area contributed by atoms with Crippen LogP contribution >= 0.6 is 15.9 Å². The number of amides is 1. The molecule has 0 aromatic heterocycles. The number of hydrogen-bond donors (Lipinski definition) is 0. The predicted molar refractivity (Wildman–Crippen MR) is 93.9 cm³/mol. The Hall–Kier alpha value is -2.48. The molecule has 0 spiro atoms. The number of nitrogens with zero attached hydrogens (tertiary/aromatic N) is 2. The summed E-state index contributed by atoms with van der Waals surface area (Å²) in [6.07, 6.45) is 0. The Morgan fingerprint density at radius 1 is 1.36 bits per heavy atom. The maximum absolute atomic E-state index is 13.0. The summed E-state index contributed by atoms with van der Waals surface area (Å²) in [5.41, 5.74) is 0.615. The molecular weight excluding hydrogens is 395 g/mol. The van der Waals surface area contributed by atoms with Crippen LogP contribution in [0, 0.1) is 15.9 Å². The molecule has 0 saturated heterocycles. The highest BCUT2D eigenvalue weighted by atomic mass is 79.9. The highest BCUT2D eigenvalue weighted by Gasteiger charge is 2.20. The molecule has 25 heavy (non-hydrogen) atoms. The molecule has 0 radical (unpaired) electrons. The monoisotopic (exact) mass is 410 g/mol. The Bertz CT molecular complexity index is 800. The van der Waals surface area contributed by atoms with E-state index in [4.69, 9.17) is 4.74 Å². The molecule has 0 aliphatic heterocycles. The van der Waals surface area contributed by atoms with Gasteiger partial charge in [0, 0.05) is 19.2 Å². The lowest BCUT2D eigenvalue weighted by Gasteiger charge is -2.25. The number of halogens is 2. The minimum atomic E-state index is -0.479. The van der Waals surface area contributed by atoms with Gasteiger partial charge in [0.1, 0.15) is 11.6 Å². The van der Waals surface area contributed by atoms with Crippen molar-refractivity contribution in [3.05, 3.63) is 68.4 Å². The first kappa shape index (κ1) is 18.9. The fourth-order valence-corrected chi connectivity index (χ4v) is 2.64. The van der Waals surface area contributed by atoms with Crippen molar-refractivity contribution in [2.45, 2.75) is 13.0 Å². The summed E-state index contributed by atoms with van der Waals surface area (Å²) in [7, 11) is 1.59. The van der Waals surface area contributed by atoms with Gasteiger partial charge in [-0.25, -0.2) is 4.39 Å². The van der Waals surface area contributed by atoms with E-state index >= 15 is 0 Å². The van der Waals surface area contributed by atoms with E-state index in [2.05, 4.69) is 15.9 Å². The quantitative estimate of drug-likeness (QED) is 0.530. The fraction of sp³-hybridized carbons (Fsp3) is 0.235. The van der Waals surface area contributed by atoms with Crippen LogP contribution in [0.1, 0.15) is 18.5 Å². The van der Waals surface area contributed by atoms with Gasteiger partial charge in [-0.3, -0.25) is 14.9 Å². The molecular formula is C17H16BrFN2O4. The molecule has 0 saturated carbocycles. The van der Waals surface area contributed by atoms with Crippen LogP contribution in [0.2, 0.25) is 0 Å². The van der Waals surface area contributed by atoms with E-state index in [1.807, 2.05) is 0 Å². The zero-order valence-electron chi connectivity index (χ0n) is 13.6. The lowest BCUT2D eigenvalue weighted by atomic mass is 10.1. The number of hydrogen-bond acceptors (Lipinski definition) is 4. The van der Waals surface area contributed by atoms with Crippen molar-refractivity contribution in [3.63, 3.8) is 0 Å². The molecule has 0 N–H and O–H groups in total. The first-order valence-corrected chi connectivity index (χ1v) is 8.16. The predicted octanol–water partition coefficient (Wildman–Crippen LogP) is 4.09. The molecule has 0 aliphatic rings. The molecule has 1 atom stereocenters.